The van der Waals surface area contributed by atoms with Crippen LogP contribution in [0.1, 0.15) is 58.9 Å². The summed E-state index contributed by atoms with van der Waals surface area (Å²) in [4.78, 5) is 0. The van der Waals surface area contributed by atoms with E-state index in [1.165, 1.54) is 13.1 Å². The molecule has 1 saturated carbocycles. The van der Waals surface area contributed by atoms with Crippen molar-refractivity contribution in [3.63, 3.8) is 0 Å². The molecule has 1 N–H and O–H groups in total. The van der Waals surface area contributed by atoms with Crippen LogP contribution in [0.5, 0.6) is 0 Å². The molecule has 0 heterocycles. The van der Waals surface area contributed by atoms with Crippen LogP contribution in [-0.4, -0.2) is 30.7 Å². The van der Waals surface area contributed by atoms with Crippen LogP contribution >= 0.6 is 0 Å². The standard InChI is InChI=1S/C20H30FN3O2S2/c1-18(2,3)27(25)24-19(4,16-10-6-7-11-17(16)21)15-28(26,23-5)20(14-22)12-8-9-13-20/h6-7,10-11,24H,8-9,12-13,15H2,1-5H3/t19-,27-,28?/m0/s1. The molecular weight excluding hydrogens is 397 g/mol. The van der Waals surface area contributed by atoms with Crippen molar-refractivity contribution in [2.75, 3.05) is 12.8 Å². The van der Waals surface area contributed by atoms with Crippen LogP contribution < -0.4 is 4.72 Å². The third kappa shape index (κ3) is 4.32. The molecule has 0 bridgehead atoms. The molecule has 1 aliphatic rings. The Hall–Kier alpha value is -1.30. The van der Waals surface area contributed by atoms with Crippen molar-refractivity contribution in [2.24, 2.45) is 4.36 Å². The molecule has 8 heteroatoms. The first-order chi connectivity index (χ1) is 12.9. The van der Waals surface area contributed by atoms with Crippen molar-refractivity contribution in [3.8, 4) is 6.07 Å². The van der Waals surface area contributed by atoms with Gasteiger partial charge in [-0.3, -0.25) is 0 Å². The quantitative estimate of drug-likeness (QED) is 0.744. The molecule has 1 aliphatic carbocycles. The number of hydrogen-bond acceptors (Lipinski definition) is 4. The number of benzene rings is 1. The molecule has 1 unspecified atom stereocenters. The number of nitrogens with one attached hydrogen (secondary N) is 1. The second-order valence-electron chi connectivity index (χ2n) is 8.58. The first-order valence-corrected chi connectivity index (χ1v) is 12.2. The molecule has 1 aromatic carbocycles. The van der Waals surface area contributed by atoms with Crippen molar-refractivity contribution in [1.82, 2.24) is 4.72 Å². The molecule has 0 aliphatic heterocycles. The highest BCUT2D eigenvalue weighted by Gasteiger charge is 2.48. The molecular formula is C20H30FN3O2S2. The summed E-state index contributed by atoms with van der Waals surface area (Å²) >= 11 is 0. The Balaban J connectivity index is 2.60. The fourth-order valence-corrected chi connectivity index (χ4v) is 7.47. The maximum atomic E-state index is 14.7. The largest absolute Gasteiger partial charge is 0.248 e. The van der Waals surface area contributed by atoms with Crippen LogP contribution in [0.4, 0.5) is 4.39 Å². The average molecular weight is 428 g/mol. The van der Waals surface area contributed by atoms with E-state index in [9.17, 15) is 18.1 Å². The van der Waals surface area contributed by atoms with Gasteiger partial charge in [-0.15, -0.1) is 0 Å². The van der Waals surface area contributed by atoms with Crippen molar-refractivity contribution >= 4 is 20.7 Å². The molecule has 0 saturated heterocycles. The molecule has 1 aromatic rings. The summed E-state index contributed by atoms with van der Waals surface area (Å²) in [6.45, 7) is 7.13. The Kier molecular flexibility index (Phi) is 6.74. The lowest BCUT2D eigenvalue weighted by Gasteiger charge is -2.37. The fraction of sp³-hybridized carbons (Fsp3) is 0.650. The van der Waals surface area contributed by atoms with Crippen LogP contribution in [-0.2, 0) is 26.3 Å². The summed E-state index contributed by atoms with van der Waals surface area (Å²) in [5.74, 6) is -0.564. The molecule has 5 nitrogen and oxygen atoms in total. The highest BCUT2D eigenvalue weighted by Crippen LogP contribution is 2.41. The third-order valence-corrected chi connectivity index (χ3v) is 10.4. The van der Waals surface area contributed by atoms with Crippen LogP contribution in [0.2, 0.25) is 0 Å². The predicted octanol–water partition coefficient (Wildman–Crippen LogP) is 4.03. The minimum atomic E-state index is -3.03. The molecule has 2 rings (SSSR count). The second kappa shape index (κ2) is 8.21. The Bertz CT molecular complexity index is 905. The van der Waals surface area contributed by atoms with Gasteiger partial charge in [0.15, 0.2) is 0 Å². The van der Waals surface area contributed by atoms with Crippen LogP contribution in [0.3, 0.4) is 0 Å². The molecule has 1 fully saturated rings. The van der Waals surface area contributed by atoms with Gasteiger partial charge in [-0.25, -0.2) is 21.9 Å². The van der Waals surface area contributed by atoms with Gasteiger partial charge in [0.1, 0.15) is 10.6 Å². The monoisotopic (exact) mass is 427 g/mol. The van der Waals surface area contributed by atoms with E-state index in [0.29, 0.717) is 12.8 Å². The number of nitriles is 1. The lowest BCUT2D eigenvalue weighted by Crippen LogP contribution is -2.53. The van der Waals surface area contributed by atoms with Gasteiger partial charge >= 0.3 is 0 Å². The molecule has 0 amide bonds. The van der Waals surface area contributed by atoms with E-state index in [1.54, 1.807) is 25.1 Å². The minimum absolute atomic E-state index is 0.0905. The zero-order chi connectivity index (χ0) is 21.2. The Morgan fingerprint density at radius 1 is 1.29 bits per heavy atom. The lowest BCUT2D eigenvalue weighted by atomic mass is 9.95. The SMILES string of the molecule is CN=S(=O)(C[C@](C)(N[S@@](=O)C(C)(C)C)c1ccccc1F)C1(C#N)CCCC1. The summed E-state index contributed by atoms with van der Waals surface area (Å²) in [5, 5.41) is 9.87. The highest BCUT2D eigenvalue weighted by atomic mass is 32.2. The summed E-state index contributed by atoms with van der Waals surface area (Å²) in [6, 6.07) is 8.48. The van der Waals surface area contributed by atoms with Crippen molar-refractivity contribution < 1.29 is 12.8 Å². The van der Waals surface area contributed by atoms with E-state index >= 15 is 0 Å². The average Bonchev–Trinajstić information content (AvgIpc) is 3.11. The molecule has 0 radical (unpaired) electrons. The van der Waals surface area contributed by atoms with E-state index in [0.717, 1.165) is 12.8 Å². The number of rotatable bonds is 6. The second-order valence-corrected chi connectivity index (χ2v) is 13.3. The van der Waals surface area contributed by atoms with Gasteiger partial charge in [-0.2, -0.15) is 5.26 Å². The maximum Gasteiger partial charge on any atom is 0.140 e. The molecule has 3 atom stereocenters. The number of hydrogen-bond donors (Lipinski definition) is 1. The summed E-state index contributed by atoms with van der Waals surface area (Å²) in [6.07, 6.45) is 2.65. The third-order valence-electron chi connectivity index (χ3n) is 5.35. The normalized spacial score (nSPS) is 21.9. The van der Waals surface area contributed by atoms with E-state index < -0.39 is 41.6 Å². The fourth-order valence-electron chi connectivity index (χ4n) is 3.65. The smallest absolute Gasteiger partial charge is 0.140 e. The van der Waals surface area contributed by atoms with Gasteiger partial charge in [-0.1, -0.05) is 31.0 Å². The van der Waals surface area contributed by atoms with Gasteiger partial charge in [0.25, 0.3) is 0 Å². The van der Waals surface area contributed by atoms with E-state index in [4.69, 9.17) is 0 Å². The zero-order valence-electron chi connectivity index (χ0n) is 17.3. The lowest BCUT2D eigenvalue weighted by molar-refractivity contribution is 0.455. The molecule has 156 valence electrons. The van der Waals surface area contributed by atoms with Crippen LogP contribution in [0, 0.1) is 17.1 Å². The zero-order valence-corrected chi connectivity index (χ0v) is 18.9. The summed E-state index contributed by atoms with van der Waals surface area (Å²) < 4.78 is 47.2. The predicted molar refractivity (Wildman–Crippen MR) is 113 cm³/mol. The Labute approximate surface area is 170 Å². The van der Waals surface area contributed by atoms with Crippen LogP contribution in [0.15, 0.2) is 28.6 Å². The van der Waals surface area contributed by atoms with Gasteiger partial charge in [0.2, 0.25) is 0 Å². The first kappa shape index (κ1) is 23.0. The van der Waals surface area contributed by atoms with Crippen LogP contribution in [0.25, 0.3) is 0 Å². The van der Waals surface area contributed by atoms with E-state index in [2.05, 4.69) is 15.2 Å². The topological polar surface area (TPSA) is 82.3 Å². The van der Waals surface area contributed by atoms with Gasteiger partial charge in [-0.05, 0) is 46.6 Å². The summed E-state index contributed by atoms with van der Waals surface area (Å²) in [7, 11) is -3.11. The van der Waals surface area contributed by atoms with E-state index in [-0.39, 0.29) is 11.3 Å². The first-order valence-electron chi connectivity index (χ1n) is 9.41. The van der Waals surface area contributed by atoms with Gasteiger partial charge in [0, 0.05) is 12.6 Å². The van der Waals surface area contributed by atoms with Crippen molar-refractivity contribution in [2.45, 2.75) is 68.4 Å². The van der Waals surface area contributed by atoms with Crippen molar-refractivity contribution in [3.05, 3.63) is 35.6 Å². The van der Waals surface area contributed by atoms with Gasteiger partial charge in [0.05, 0.1) is 42.8 Å². The maximum absolute atomic E-state index is 14.7. The van der Waals surface area contributed by atoms with Gasteiger partial charge < -0.3 is 0 Å². The van der Waals surface area contributed by atoms with Crippen molar-refractivity contribution in [1.29, 1.82) is 5.26 Å². The van der Waals surface area contributed by atoms with E-state index in [1.807, 2.05) is 20.8 Å². The summed E-state index contributed by atoms with van der Waals surface area (Å²) in [5.41, 5.74) is -0.943. The minimum Gasteiger partial charge on any atom is -0.248 e. The Morgan fingerprint density at radius 3 is 2.32 bits per heavy atom. The Morgan fingerprint density at radius 2 is 1.86 bits per heavy atom. The molecule has 28 heavy (non-hydrogen) atoms. The number of nitrogens with zero attached hydrogens (tertiary/aromatic N) is 2. The number of halogens is 1. The molecule has 0 aromatic heterocycles. The highest BCUT2D eigenvalue weighted by molar-refractivity contribution is 7.95. The molecule has 0 spiro atoms.